The number of benzene rings is 2. The fourth-order valence-corrected chi connectivity index (χ4v) is 3.97. The molecule has 5 heteroatoms. The van der Waals surface area contributed by atoms with E-state index in [4.69, 9.17) is 9.47 Å². The molecule has 0 saturated heterocycles. The van der Waals surface area contributed by atoms with Gasteiger partial charge in [-0.25, -0.2) is 4.98 Å². The van der Waals surface area contributed by atoms with Gasteiger partial charge in [0, 0.05) is 11.9 Å². The van der Waals surface area contributed by atoms with Crippen LogP contribution in [0, 0.1) is 5.92 Å². The molecule has 0 N–H and O–H groups in total. The summed E-state index contributed by atoms with van der Waals surface area (Å²) < 4.78 is 11.8. The van der Waals surface area contributed by atoms with E-state index >= 15 is 0 Å². The van der Waals surface area contributed by atoms with E-state index in [2.05, 4.69) is 46.4 Å². The van der Waals surface area contributed by atoms with E-state index in [9.17, 15) is 0 Å². The van der Waals surface area contributed by atoms with E-state index in [1.807, 2.05) is 30.3 Å². The minimum Gasteiger partial charge on any atom is -0.460 e. The molecule has 0 bridgehead atoms. The van der Waals surface area contributed by atoms with Crippen LogP contribution in [-0.4, -0.2) is 22.7 Å². The maximum Gasteiger partial charge on any atom is 0.317 e. The average Bonchev–Trinajstić information content (AvgIpc) is 2.72. The van der Waals surface area contributed by atoms with Gasteiger partial charge in [0.1, 0.15) is 11.1 Å². The normalized spacial score (nSPS) is 18.4. The quantitative estimate of drug-likeness (QED) is 0.372. The summed E-state index contributed by atoms with van der Waals surface area (Å²) >= 11 is 1.70. The Morgan fingerprint density at radius 3 is 2.36 bits per heavy atom. The lowest BCUT2D eigenvalue weighted by Crippen LogP contribution is -2.36. The molecule has 2 aromatic carbocycles. The van der Waals surface area contributed by atoms with Crippen LogP contribution in [0.5, 0.6) is 6.01 Å². The van der Waals surface area contributed by atoms with E-state index in [1.54, 1.807) is 18.0 Å². The first-order valence-corrected chi connectivity index (χ1v) is 10.6. The van der Waals surface area contributed by atoms with E-state index < -0.39 is 0 Å². The lowest BCUT2D eigenvalue weighted by Gasteiger charge is -2.34. The number of hydrogen-bond acceptors (Lipinski definition) is 5. The van der Waals surface area contributed by atoms with Crippen LogP contribution < -0.4 is 4.74 Å². The van der Waals surface area contributed by atoms with Crippen LogP contribution in [0.15, 0.2) is 78.0 Å². The van der Waals surface area contributed by atoms with Gasteiger partial charge in [0.15, 0.2) is 0 Å². The van der Waals surface area contributed by atoms with Crippen LogP contribution in [0.1, 0.15) is 24.0 Å². The molecule has 1 heterocycles. The summed E-state index contributed by atoms with van der Waals surface area (Å²) in [5, 5.41) is 0.941. The van der Waals surface area contributed by atoms with Crippen molar-refractivity contribution in [2.75, 3.05) is 6.61 Å². The minimum atomic E-state index is 0.194. The molecule has 0 atom stereocenters. The van der Waals surface area contributed by atoms with Crippen molar-refractivity contribution in [1.29, 1.82) is 0 Å². The number of aromatic nitrogens is 2. The molecule has 1 aliphatic rings. The second-order valence-corrected chi connectivity index (χ2v) is 8.03. The molecule has 144 valence electrons. The van der Waals surface area contributed by atoms with Gasteiger partial charge in [0.2, 0.25) is 0 Å². The predicted octanol–water partition coefficient (Wildman–Crippen LogP) is 5.14. The summed E-state index contributed by atoms with van der Waals surface area (Å²) in [6, 6.07) is 23.1. The van der Waals surface area contributed by atoms with Crippen LogP contribution in [0.3, 0.4) is 0 Å². The Morgan fingerprint density at radius 1 is 0.893 bits per heavy atom. The zero-order chi connectivity index (χ0) is 19.0. The van der Waals surface area contributed by atoms with Crippen LogP contribution in [0.25, 0.3) is 0 Å². The van der Waals surface area contributed by atoms with Gasteiger partial charge in [0.05, 0.1) is 13.2 Å². The minimum absolute atomic E-state index is 0.194. The van der Waals surface area contributed by atoms with Crippen molar-refractivity contribution in [3.05, 3.63) is 84.1 Å². The number of nitrogens with zero attached hydrogens (tertiary/aromatic N) is 2. The summed E-state index contributed by atoms with van der Waals surface area (Å²) in [4.78, 5) is 8.80. The standard InChI is InChI=1S/C23H24N2O2S/c1-3-7-18(8-4-1)15-26-16-20-13-21(14-20)27-23-24-12-11-22(25-23)28-17-19-9-5-2-6-10-19/h1-12,20-21H,13-17H2. The first-order chi connectivity index (χ1) is 13.8. The van der Waals surface area contributed by atoms with Gasteiger partial charge in [-0.15, -0.1) is 11.8 Å². The zero-order valence-electron chi connectivity index (χ0n) is 15.7. The number of thioether (sulfide) groups is 1. The fourth-order valence-electron chi connectivity index (χ4n) is 3.17. The van der Waals surface area contributed by atoms with Crippen LogP contribution in [0.4, 0.5) is 0 Å². The van der Waals surface area contributed by atoms with Crippen LogP contribution >= 0.6 is 11.8 Å². The molecule has 0 aliphatic heterocycles. The summed E-state index contributed by atoms with van der Waals surface area (Å²) in [7, 11) is 0. The molecule has 1 aromatic heterocycles. The first kappa shape index (κ1) is 19.0. The highest BCUT2D eigenvalue weighted by Gasteiger charge is 2.31. The Hall–Kier alpha value is -2.37. The molecule has 4 nitrogen and oxygen atoms in total. The van der Waals surface area contributed by atoms with Gasteiger partial charge >= 0.3 is 6.01 Å². The van der Waals surface area contributed by atoms with Crippen molar-refractivity contribution >= 4 is 11.8 Å². The molecule has 3 aromatic rings. The van der Waals surface area contributed by atoms with Crippen molar-refractivity contribution in [1.82, 2.24) is 9.97 Å². The van der Waals surface area contributed by atoms with Crippen molar-refractivity contribution in [2.24, 2.45) is 5.92 Å². The highest BCUT2D eigenvalue weighted by atomic mass is 32.2. The second-order valence-electron chi connectivity index (χ2n) is 7.03. The highest BCUT2D eigenvalue weighted by Crippen LogP contribution is 2.31. The fraction of sp³-hybridized carbons (Fsp3) is 0.304. The van der Waals surface area contributed by atoms with Gasteiger partial charge in [-0.05, 0) is 36.0 Å². The summed E-state index contributed by atoms with van der Waals surface area (Å²) in [5.74, 6) is 1.45. The van der Waals surface area contributed by atoms with E-state index in [0.717, 1.165) is 30.2 Å². The average molecular weight is 393 g/mol. The first-order valence-electron chi connectivity index (χ1n) is 9.63. The third-order valence-electron chi connectivity index (χ3n) is 4.77. The van der Waals surface area contributed by atoms with E-state index in [0.29, 0.717) is 18.5 Å². The summed E-state index contributed by atoms with van der Waals surface area (Å²) in [6.45, 7) is 1.45. The monoisotopic (exact) mass is 392 g/mol. The molecule has 0 amide bonds. The molecule has 1 fully saturated rings. The Morgan fingerprint density at radius 2 is 1.61 bits per heavy atom. The Bertz CT molecular complexity index is 855. The van der Waals surface area contributed by atoms with E-state index in [-0.39, 0.29) is 6.10 Å². The Kier molecular flexibility index (Phi) is 6.58. The zero-order valence-corrected chi connectivity index (χ0v) is 16.6. The Balaban J connectivity index is 1.17. The topological polar surface area (TPSA) is 44.2 Å². The smallest absolute Gasteiger partial charge is 0.317 e. The summed E-state index contributed by atoms with van der Waals surface area (Å²) in [5.41, 5.74) is 2.50. The molecular formula is C23H24N2O2S. The van der Waals surface area contributed by atoms with E-state index in [1.165, 1.54) is 11.1 Å². The SMILES string of the molecule is c1ccc(COCC2CC(Oc3nccc(SCc4ccccc4)n3)C2)cc1. The van der Waals surface area contributed by atoms with Gasteiger partial charge in [-0.1, -0.05) is 60.7 Å². The van der Waals surface area contributed by atoms with Crippen molar-refractivity contribution in [3.63, 3.8) is 0 Å². The van der Waals surface area contributed by atoms with Crippen molar-refractivity contribution in [2.45, 2.75) is 36.3 Å². The van der Waals surface area contributed by atoms with Gasteiger partial charge in [-0.2, -0.15) is 4.98 Å². The number of hydrogen-bond donors (Lipinski definition) is 0. The molecule has 1 saturated carbocycles. The molecule has 28 heavy (non-hydrogen) atoms. The number of ether oxygens (including phenoxy) is 2. The second kappa shape index (κ2) is 9.71. The van der Waals surface area contributed by atoms with Gasteiger partial charge in [-0.3, -0.25) is 0 Å². The lowest BCUT2D eigenvalue weighted by molar-refractivity contribution is -0.00640. The van der Waals surface area contributed by atoms with Crippen molar-refractivity contribution < 1.29 is 9.47 Å². The Labute approximate surface area is 170 Å². The molecule has 0 unspecified atom stereocenters. The lowest BCUT2D eigenvalue weighted by atomic mass is 9.83. The molecule has 0 spiro atoms. The molecule has 0 radical (unpaired) electrons. The predicted molar refractivity (Wildman–Crippen MR) is 111 cm³/mol. The third kappa shape index (κ3) is 5.57. The molecule has 1 aliphatic carbocycles. The van der Waals surface area contributed by atoms with Gasteiger partial charge < -0.3 is 9.47 Å². The molecular weight excluding hydrogens is 368 g/mol. The maximum absolute atomic E-state index is 5.95. The van der Waals surface area contributed by atoms with Crippen LogP contribution in [-0.2, 0) is 17.1 Å². The van der Waals surface area contributed by atoms with Crippen molar-refractivity contribution in [3.8, 4) is 6.01 Å². The highest BCUT2D eigenvalue weighted by molar-refractivity contribution is 7.98. The van der Waals surface area contributed by atoms with Gasteiger partial charge in [0.25, 0.3) is 0 Å². The summed E-state index contributed by atoms with van der Waals surface area (Å²) in [6.07, 6.45) is 3.97. The third-order valence-corrected chi connectivity index (χ3v) is 5.77. The molecule has 4 rings (SSSR count). The largest absolute Gasteiger partial charge is 0.460 e. The number of rotatable bonds is 9. The van der Waals surface area contributed by atoms with Crippen LogP contribution in [0.2, 0.25) is 0 Å². The maximum atomic E-state index is 5.95.